The zero-order valence-corrected chi connectivity index (χ0v) is 10.5. The summed E-state index contributed by atoms with van der Waals surface area (Å²) in [7, 11) is 3.84. The molecular formula is C8H18O4Si. The van der Waals surface area contributed by atoms with E-state index in [4.69, 9.17) is 18.6 Å². The first-order chi connectivity index (χ1) is 6.29. The Bertz CT molecular complexity index is 143. The van der Waals surface area contributed by atoms with E-state index in [1.807, 2.05) is 0 Å². The third-order valence-corrected chi connectivity index (χ3v) is 3.09. The van der Waals surface area contributed by atoms with Crippen molar-refractivity contribution in [2.24, 2.45) is 0 Å². The molecule has 0 aromatic carbocycles. The molecule has 0 amide bonds. The van der Waals surface area contributed by atoms with Crippen LogP contribution in [0.1, 0.15) is 19.3 Å². The maximum atomic E-state index is 5.62. The normalized spacial score (nSPS) is 29.8. The molecule has 0 aliphatic carbocycles. The van der Waals surface area contributed by atoms with E-state index in [0.717, 1.165) is 25.9 Å². The first kappa shape index (κ1) is 11.1. The van der Waals surface area contributed by atoms with Crippen molar-refractivity contribution in [3.63, 3.8) is 0 Å². The maximum Gasteiger partial charge on any atom is 0.211 e. The maximum absolute atomic E-state index is 5.62. The van der Waals surface area contributed by atoms with Gasteiger partial charge in [0.05, 0.1) is 6.61 Å². The molecule has 1 unspecified atom stereocenters. The molecule has 4 nitrogen and oxygen atoms in total. The van der Waals surface area contributed by atoms with Crippen molar-refractivity contribution in [1.29, 1.82) is 0 Å². The molecule has 1 heterocycles. The summed E-state index contributed by atoms with van der Waals surface area (Å²) in [5.74, 6) is -0.645. The highest BCUT2D eigenvalue weighted by Gasteiger charge is 2.42. The quantitative estimate of drug-likeness (QED) is 0.471. The summed E-state index contributed by atoms with van der Waals surface area (Å²) in [6, 6.07) is 0. The van der Waals surface area contributed by atoms with Gasteiger partial charge in [0, 0.05) is 20.6 Å². The summed E-state index contributed by atoms with van der Waals surface area (Å²) in [6.07, 6.45) is 2.63. The van der Waals surface area contributed by atoms with Crippen LogP contribution < -0.4 is 0 Å². The van der Waals surface area contributed by atoms with Gasteiger partial charge in [0.2, 0.25) is 12.1 Å². The van der Waals surface area contributed by atoms with Gasteiger partial charge in [-0.3, -0.25) is 0 Å². The Morgan fingerprint density at radius 2 is 2.00 bits per heavy atom. The van der Waals surface area contributed by atoms with E-state index in [9.17, 15) is 0 Å². The highest BCUT2D eigenvalue weighted by molar-refractivity contribution is 5.98. The van der Waals surface area contributed by atoms with E-state index in [1.165, 1.54) is 0 Å². The topological polar surface area (TPSA) is 36.9 Å². The van der Waals surface area contributed by atoms with Gasteiger partial charge in [-0.05, 0) is 12.8 Å². The lowest BCUT2D eigenvalue weighted by Crippen LogP contribution is -2.51. The Kier molecular flexibility index (Phi) is 4.34. The third kappa shape index (κ3) is 2.29. The van der Waals surface area contributed by atoms with Gasteiger partial charge >= 0.3 is 0 Å². The summed E-state index contributed by atoms with van der Waals surface area (Å²) >= 11 is 0. The minimum absolute atomic E-state index is 0.412. The smallest absolute Gasteiger partial charge is 0.211 e. The molecule has 0 aromatic heterocycles. The summed E-state index contributed by atoms with van der Waals surface area (Å²) in [5.41, 5.74) is 0. The lowest BCUT2D eigenvalue weighted by atomic mass is 10.1. The van der Waals surface area contributed by atoms with E-state index >= 15 is 0 Å². The molecule has 78 valence electrons. The number of hydrogen-bond donors (Lipinski definition) is 0. The van der Waals surface area contributed by atoms with Crippen LogP contribution in [0.15, 0.2) is 0 Å². The number of methoxy groups -OCH3 is 2. The Balaban J connectivity index is 2.64. The van der Waals surface area contributed by atoms with Gasteiger partial charge in [-0.1, -0.05) is 0 Å². The van der Waals surface area contributed by atoms with Crippen molar-refractivity contribution in [1.82, 2.24) is 0 Å². The van der Waals surface area contributed by atoms with Gasteiger partial charge in [-0.25, -0.2) is 0 Å². The molecule has 0 radical (unpaired) electrons. The Hall–Kier alpha value is 0.0569. The first-order valence-corrected chi connectivity index (χ1v) is 5.35. The van der Waals surface area contributed by atoms with Crippen molar-refractivity contribution in [2.45, 2.75) is 31.3 Å². The van der Waals surface area contributed by atoms with Crippen LogP contribution in [-0.2, 0) is 18.6 Å². The van der Waals surface area contributed by atoms with Crippen molar-refractivity contribution in [3.05, 3.63) is 0 Å². The highest BCUT2D eigenvalue weighted by Crippen LogP contribution is 2.30. The summed E-state index contributed by atoms with van der Waals surface area (Å²) in [4.78, 5) is 0. The molecule has 0 saturated carbocycles. The van der Waals surface area contributed by atoms with E-state index in [1.54, 1.807) is 14.2 Å². The molecule has 0 spiro atoms. The fraction of sp³-hybridized carbons (Fsp3) is 1.00. The van der Waals surface area contributed by atoms with E-state index in [2.05, 4.69) is 0 Å². The predicted octanol–water partition coefficient (Wildman–Crippen LogP) is -0.201. The molecule has 0 bridgehead atoms. The lowest BCUT2D eigenvalue weighted by molar-refractivity contribution is -0.323. The Morgan fingerprint density at radius 3 is 2.38 bits per heavy atom. The zero-order valence-electron chi connectivity index (χ0n) is 8.54. The Labute approximate surface area is 82.0 Å². The Morgan fingerprint density at radius 1 is 1.31 bits per heavy atom. The SMILES string of the molecule is COC(OC)C1(O[SiH3])CCCCO1. The molecule has 1 aliphatic heterocycles. The second kappa shape index (κ2) is 5.07. The molecule has 1 aliphatic rings. The summed E-state index contributed by atoms with van der Waals surface area (Å²) in [6.45, 7) is 0.728. The van der Waals surface area contributed by atoms with Crippen LogP contribution in [0.25, 0.3) is 0 Å². The van der Waals surface area contributed by atoms with Gasteiger partial charge < -0.3 is 18.6 Å². The average Bonchev–Trinajstić information content (AvgIpc) is 2.21. The highest BCUT2D eigenvalue weighted by atomic mass is 28.2. The molecule has 1 fully saturated rings. The fourth-order valence-corrected chi connectivity index (χ4v) is 2.20. The van der Waals surface area contributed by atoms with Crippen molar-refractivity contribution >= 4 is 10.5 Å². The van der Waals surface area contributed by atoms with E-state index < -0.39 is 12.1 Å². The van der Waals surface area contributed by atoms with Gasteiger partial charge in [0.25, 0.3) is 0 Å². The van der Waals surface area contributed by atoms with Gasteiger partial charge in [-0.2, -0.15) is 0 Å². The average molecular weight is 206 g/mol. The number of rotatable bonds is 4. The lowest BCUT2D eigenvalue weighted by Gasteiger charge is -2.40. The monoisotopic (exact) mass is 206 g/mol. The van der Waals surface area contributed by atoms with Crippen LogP contribution in [0.5, 0.6) is 0 Å². The summed E-state index contributed by atoms with van der Waals surface area (Å²) < 4.78 is 21.5. The van der Waals surface area contributed by atoms with Crippen molar-refractivity contribution < 1.29 is 18.6 Å². The molecule has 1 atom stereocenters. The van der Waals surface area contributed by atoms with Crippen molar-refractivity contribution in [3.8, 4) is 0 Å². The fourth-order valence-electron chi connectivity index (χ4n) is 1.69. The largest absolute Gasteiger partial charge is 0.398 e. The van der Waals surface area contributed by atoms with Crippen LogP contribution >= 0.6 is 0 Å². The van der Waals surface area contributed by atoms with Crippen LogP contribution in [0.4, 0.5) is 0 Å². The van der Waals surface area contributed by atoms with Crippen molar-refractivity contribution in [2.75, 3.05) is 20.8 Å². The van der Waals surface area contributed by atoms with E-state index in [0.29, 0.717) is 10.5 Å². The molecule has 0 N–H and O–H groups in total. The van der Waals surface area contributed by atoms with Crippen LogP contribution in [0, 0.1) is 0 Å². The molecule has 0 aromatic rings. The summed E-state index contributed by atoms with van der Waals surface area (Å²) in [5, 5.41) is 0. The molecule has 1 rings (SSSR count). The van der Waals surface area contributed by atoms with E-state index in [-0.39, 0.29) is 0 Å². The number of ether oxygens (including phenoxy) is 3. The van der Waals surface area contributed by atoms with Crippen LogP contribution in [0.3, 0.4) is 0 Å². The second-order valence-electron chi connectivity index (χ2n) is 3.12. The minimum atomic E-state index is -0.645. The van der Waals surface area contributed by atoms with Crippen LogP contribution in [0.2, 0.25) is 0 Å². The van der Waals surface area contributed by atoms with Gasteiger partial charge in [0.1, 0.15) is 10.5 Å². The molecule has 5 heteroatoms. The number of hydrogen-bond acceptors (Lipinski definition) is 4. The molecule has 1 saturated heterocycles. The zero-order chi connectivity index (χ0) is 9.73. The van der Waals surface area contributed by atoms with Gasteiger partial charge in [-0.15, -0.1) is 0 Å². The van der Waals surface area contributed by atoms with Gasteiger partial charge in [0.15, 0.2) is 0 Å². The third-order valence-electron chi connectivity index (χ3n) is 2.40. The predicted molar refractivity (Wildman–Crippen MR) is 51.4 cm³/mol. The molecule has 13 heavy (non-hydrogen) atoms. The minimum Gasteiger partial charge on any atom is -0.398 e. The van der Waals surface area contributed by atoms with Crippen LogP contribution in [-0.4, -0.2) is 43.4 Å². The molecular weight excluding hydrogens is 188 g/mol. The standard InChI is InChI=1S/C8H18O4Si/c1-9-7(10-2)8(12-13)5-3-4-6-11-8/h7H,3-6H2,1-2,13H3. The first-order valence-electron chi connectivity index (χ1n) is 4.54. The second-order valence-corrected chi connectivity index (χ2v) is 3.53.